The van der Waals surface area contributed by atoms with Gasteiger partial charge < -0.3 is 0 Å². The van der Waals surface area contributed by atoms with Gasteiger partial charge in [0.2, 0.25) is 0 Å². The molecule has 1 fully saturated rings. The number of rotatable bonds is 4. The first-order chi connectivity index (χ1) is 12.3. The maximum absolute atomic E-state index is 11.3. The van der Waals surface area contributed by atoms with Crippen molar-refractivity contribution in [1.82, 2.24) is 0 Å². The molecule has 0 unspecified atom stereocenters. The summed E-state index contributed by atoms with van der Waals surface area (Å²) in [4.78, 5) is 22.3. The highest BCUT2D eigenvalue weighted by Crippen LogP contribution is 2.43. The summed E-state index contributed by atoms with van der Waals surface area (Å²) in [6.45, 7) is 0. The Balaban J connectivity index is 2.10. The van der Waals surface area contributed by atoms with Gasteiger partial charge in [-0.05, 0) is 30.0 Å². The van der Waals surface area contributed by atoms with E-state index in [-0.39, 0.29) is 5.41 Å². The molecule has 0 N–H and O–H groups in total. The topological polar surface area (TPSA) is 34.1 Å². The van der Waals surface area contributed by atoms with E-state index < -0.39 is 0 Å². The third-order valence-corrected chi connectivity index (χ3v) is 5.63. The molecule has 3 rings (SSSR count). The largest absolute Gasteiger partial charge is 0.298 e. The van der Waals surface area contributed by atoms with E-state index in [1.165, 1.54) is 49.7 Å². The lowest BCUT2D eigenvalue weighted by molar-refractivity contribution is 0.111. The van der Waals surface area contributed by atoms with Crippen molar-refractivity contribution in [2.24, 2.45) is 0 Å². The summed E-state index contributed by atoms with van der Waals surface area (Å²) >= 11 is 0. The van der Waals surface area contributed by atoms with E-state index in [4.69, 9.17) is 0 Å². The third-order valence-electron chi connectivity index (χ3n) is 5.63. The van der Waals surface area contributed by atoms with E-state index in [1.54, 1.807) is 0 Å². The molecule has 2 nitrogen and oxygen atoms in total. The van der Waals surface area contributed by atoms with Gasteiger partial charge in [-0.1, -0.05) is 81.0 Å². The quantitative estimate of drug-likeness (QED) is 0.669. The lowest BCUT2D eigenvalue weighted by atomic mass is 9.68. The monoisotopic (exact) mass is 334 g/mol. The number of hydrogen-bond acceptors (Lipinski definition) is 2. The smallest absolute Gasteiger partial charge is 0.150 e. The molecule has 0 aromatic heterocycles. The van der Waals surface area contributed by atoms with Gasteiger partial charge >= 0.3 is 0 Å². The summed E-state index contributed by atoms with van der Waals surface area (Å²) in [5.74, 6) is 0. The van der Waals surface area contributed by atoms with Crippen LogP contribution >= 0.6 is 0 Å². The van der Waals surface area contributed by atoms with Crippen LogP contribution < -0.4 is 0 Å². The fraction of sp³-hybridized carbons (Fsp3) is 0.391. The van der Waals surface area contributed by atoms with Crippen LogP contribution in [0.15, 0.2) is 48.5 Å². The Kier molecular flexibility index (Phi) is 5.80. The molecule has 1 aliphatic rings. The standard InChI is InChI=1S/C23H26O2/c24-17-19-10-12-21(13-11-19)23(14-5-3-1-2-4-6-15-23)22-9-7-8-20(16-22)18-25/h7-13,16-18H,1-6,14-15H2. The van der Waals surface area contributed by atoms with E-state index in [0.717, 1.165) is 31.0 Å². The fourth-order valence-electron chi connectivity index (χ4n) is 4.22. The first kappa shape index (κ1) is 17.6. The van der Waals surface area contributed by atoms with E-state index in [1.807, 2.05) is 24.3 Å². The predicted molar refractivity (Wildman–Crippen MR) is 101 cm³/mol. The maximum atomic E-state index is 11.3. The second kappa shape index (κ2) is 8.24. The van der Waals surface area contributed by atoms with Crippen molar-refractivity contribution >= 4 is 12.6 Å². The van der Waals surface area contributed by atoms with Crippen LogP contribution in [0.25, 0.3) is 0 Å². The summed E-state index contributed by atoms with van der Waals surface area (Å²) in [5, 5.41) is 0. The van der Waals surface area contributed by atoms with Gasteiger partial charge in [0.1, 0.15) is 12.6 Å². The summed E-state index contributed by atoms with van der Waals surface area (Å²) in [6, 6.07) is 16.1. The van der Waals surface area contributed by atoms with Crippen LogP contribution in [0.2, 0.25) is 0 Å². The number of benzene rings is 2. The molecule has 0 atom stereocenters. The summed E-state index contributed by atoms with van der Waals surface area (Å²) in [7, 11) is 0. The second-order valence-electron chi connectivity index (χ2n) is 7.19. The molecule has 0 spiro atoms. The highest BCUT2D eigenvalue weighted by atomic mass is 16.1. The highest BCUT2D eigenvalue weighted by molar-refractivity contribution is 5.76. The van der Waals surface area contributed by atoms with Crippen molar-refractivity contribution in [2.75, 3.05) is 0 Å². The average molecular weight is 334 g/mol. The third kappa shape index (κ3) is 3.89. The second-order valence-corrected chi connectivity index (χ2v) is 7.19. The molecule has 130 valence electrons. The van der Waals surface area contributed by atoms with Crippen molar-refractivity contribution in [3.63, 3.8) is 0 Å². The molecular formula is C23H26O2. The Morgan fingerprint density at radius 1 is 0.640 bits per heavy atom. The molecule has 0 radical (unpaired) electrons. The van der Waals surface area contributed by atoms with Crippen LogP contribution in [0.3, 0.4) is 0 Å². The zero-order valence-corrected chi connectivity index (χ0v) is 14.7. The molecule has 0 bridgehead atoms. The molecule has 1 saturated carbocycles. The SMILES string of the molecule is O=Cc1ccc(C2(c3cccc(C=O)c3)CCCCCCCC2)cc1. The lowest BCUT2D eigenvalue weighted by Crippen LogP contribution is -2.28. The number of carbonyl (C=O) groups is 2. The van der Waals surface area contributed by atoms with Crippen molar-refractivity contribution < 1.29 is 9.59 Å². The number of hydrogen-bond donors (Lipinski definition) is 0. The highest BCUT2D eigenvalue weighted by Gasteiger charge is 2.34. The minimum Gasteiger partial charge on any atom is -0.298 e. The molecule has 0 aliphatic heterocycles. The Morgan fingerprint density at radius 2 is 1.24 bits per heavy atom. The first-order valence-corrected chi connectivity index (χ1v) is 9.40. The summed E-state index contributed by atoms with van der Waals surface area (Å²) in [6.07, 6.45) is 11.6. The molecule has 0 heterocycles. The van der Waals surface area contributed by atoms with Crippen LogP contribution in [0.5, 0.6) is 0 Å². The van der Waals surface area contributed by atoms with Gasteiger partial charge in [-0.25, -0.2) is 0 Å². The minimum absolute atomic E-state index is 0.0647. The lowest BCUT2D eigenvalue weighted by Gasteiger charge is -2.36. The normalized spacial score (nSPS) is 17.8. The zero-order chi connectivity index (χ0) is 17.5. The molecule has 2 aromatic rings. The van der Waals surface area contributed by atoms with Crippen LogP contribution in [-0.2, 0) is 5.41 Å². The van der Waals surface area contributed by atoms with Crippen LogP contribution in [0.1, 0.15) is 83.2 Å². The molecule has 0 saturated heterocycles. The van der Waals surface area contributed by atoms with E-state index in [9.17, 15) is 9.59 Å². The Hall–Kier alpha value is -2.22. The molecule has 0 amide bonds. The Morgan fingerprint density at radius 3 is 1.84 bits per heavy atom. The van der Waals surface area contributed by atoms with Gasteiger partial charge in [0, 0.05) is 16.5 Å². The van der Waals surface area contributed by atoms with Crippen LogP contribution in [-0.4, -0.2) is 12.6 Å². The van der Waals surface area contributed by atoms with Crippen molar-refractivity contribution in [3.8, 4) is 0 Å². The Bertz CT molecular complexity index is 705. The van der Waals surface area contributed by atoms with Gasteiger partial charge in [0.15, 0.2) is 0 Å². The molecule has 1 aliphatic carbocycles. The van der Waals surface area contributed by atoms with E-state index in [2.05, 4.69) is 24.3 Å². The minimum atomic E-state index is -0.0647. The van der Waals surface area contributed by atoms with E-state index >= 15 is 0 Å². The predicted octanol–water partition coefficient (Wildman–Crippen LogP) is 5.73. The first-order valence-electron chi connectivity index (χ1n) is 9.40. The van der Waals surface area contributed by atoms with Crippen LogP contribution in [0.4, 0.5) is 0 Å². The van der Waals surface area contributed by atoms with Gasteiger partial charge in [-0.15, -0.1) is 0 Å². The number of aldehydes is 2. The Labute approximate surface area is 150 Å². The van der Waals surface area contributed by atoms with Crippen molar-refractivity contribution in [3.05, 3.63) is 70.8 Å². The molecular weight excluding hydrogens is 308 g/mol. The average Bonchev–Trinajstić information content (AvgIpc) is 2.81. The van der Waals surface area contributed by atoms with Crippen molar-refractivity contribution in [2.45, 2.75) is 56.8 Å². The zero-order valence-electron chi connectivity index (χ0n) is 14.7. The molecule has 2 aromatic carbocycles. The van der Waals surface area contributed by atoms with Crippen LogP contribution in [0, 0.1) is 0 Å². The molecule has 2 heteroatoms. The van der Waals surface area contributed by atoms with Gasteiger partial charge in [-0.2, -0.15) is 0 Å². The van der Waals surface area contributed by atoms with E-state index in [0.29, 0.717) is 5.56 Å². The van der Waals surface area contributed by atoms with Gasteiger partial charge in [-0.3, -0.25) is 9.59 Å². The fourth-order valence-corrected chi connectivity index (χ4v) is 4.22. The summed E-state index contributed by atoms with van der Waals surface area (Å²) < 4.78 is 0. The van der Waals surface area contributed by atoms with Crippen molar-refractivity contribution in [1.29, 1.82) is 0 Å². The van der Waals surface area contributed by atoms with Gasteiger partial charge in [0.05, 0.1) is 0 Å². The maximum Gasteiger partial charge on any atom is 0.150 e. The summed E-state index contributed by atoms with van der Waals surface area (Å²) in [5.41, 5.74) is 3.89. The molecule has 25 heavy (non-hydrogen) atoms. The number of carbonyl (C=O) groups excluding carboxylic acids is 2. The van der Waals surface area contributed by atoms with Gasteiger partial charge in [0.25, 0.3) is 0 Å².